The second-order valence-electron chi connectivity index (χ2n) is 7.60. The fourth-order valence-corrected chi connectivity index (χ4v) is 3.74. The molecule has 1 amide bonds. The van der Waals surface area contributed by atoms with Gasteiger partial charge in [0.15, 0.2) is 6.10 Å². The minimum atomic E-state index is -4.50. The number of hydrogen-bond donors (Lipinski definition) is 0. The van der Waals surface area contributed by atoms with Crippen LogP contribution in [0.3, 0.4) is 0 Å². The summed E-state index contributed by atoms with van der Waals surface area (Å²) in [4.78, 5) is 28.0. The third kappa shape index (κ3) is 3.51. The van der Waals surface area contributed by atoms with Crippen molar-refractivity contribution < 1.29 is 27.5 Å². The van der Waals surface area contributed by atoms with E-state index in [0.717, 1.165) is 17.8 Å². The summed E-state index contributed by atoms with van der Waals surface area (Å²) in [5.74, 6) is -0.148. The zero-order valence-corrected chi connectivity index (χ0v) is 16.6. The minimum absolute atomic E-state index is 0.00432. The van der Waals surface area contributed by atoms with Crippen molar-refractivity contribution >= 4 is 28.8 Å². The van der Waals surface area contributed by atoms with Gasteiger partial charge in [0.25, 0.3) is 5.91 Å². The van der Waals surface area contributed by atoms with E-state index in [0.29, 0.717) is 25.2 Å². The van der Waals surface area contributed by atoms with Crippen molar-refractivity contribution in [1.82, 2.24) is 0 Å². The Morgan fingerprint density at radius 2 is 1.83 bits per heavy atom. The van der Waals surface area contributed by atoms with Crippen LogP contribution in [0.15, 0.2) is 42.5 Å². The van der Waals surface area contributed by atoms with Crippen molar-refractivity contribution in [3.8, 4) is 5.75 Å². The first-order valence-electron chi connectivity index (χ1n) is 9.76. The molecule has 0 N–H and O–H groups in total. The number of nitrogens with zero attached hydrogens (tertiary/aromatic N) is 2. The Bertz CT molecular complexity index is 999. The van der Waals surface area contributed by atoms with Crippen molar-refractivity contribution in [2.45, 2.75) is 32.5 Å². The molecule has 1 fully saturated rings. The number of fused-ring (bicyclic) bond motifs is 1. The predicted octanol–water partition coefficient (Wildman–Crippen LogP) is 4.57. The molecule has 30 heavy (non-hydrogen) atoms. The zero-order valence-electron chi connectivity index (χ0n) is 16.6. The van der Waals surface area contributed by atoms with Gasteiger partial charge in [-0.05, 0) is 49.7 Å². The maximum Gasteiger partial charge on any atom is 0.416 e. The van der Waals surface area contributed by atoms with Gasteiger partial charge in [0.2, 0.25) is 0 Å². The first-order chi connectivity index (χ1) is 14.2. The van der Waals surface area contributed by atoms with Crippen molar-refractivity contribution in [1.29, 1.82) is 0 Å². The fraction of sp³-hybridized carbons (Fsp3) is 0.364. The van der Waals surface area contributed by atoms with Crippen LogP contribution in [0.25, 0.3) is 0 Å². The highest BCUT2D eigenvalue weighted by Gasteiger charge is 2.38. The monoisotopic (exact) mass is 418 g/mol. The second kappa shape index (κ2) is 7.34. The van der Waals surface area contributed by atoms with Gasteiger partial charge in [-0.1, -0.05) is 13.0 Å². The largest absolute Gasteiger partial charge is 0.478 e. The van der Waals surface area contributed by atoms with Crippen LogP contribution in [-0.4, -0.2) is 30.9 Å². The first-order valence-corrected chi connectivity index (χ1v) is 9.76. The summed E-state index contributed by atoms with van der Waals surface area (Å²) >= 11 is 0. The maximum atomic E-state index is 13.1. The molecule has 2 aromatic carbocycles. The Balaban J connectivity index is 1.71. The quantitative estimate of drug-likeness (QED) is 0.730. The molecule has 2 aliphatic heterocycles. The number of ether oxygens (including phenoxy) is 1. The van der Waals surface area contributed by atoms with E-state index in [-0.39, 0.29) is 29.0 Å². The molecule has 2 aromatic rings. The van der Waals surface area contributed by atoms with Crippen LogP contribution in [0.2, 0.25) is 0 Å². The molecular weight excluding hydrogens is 397 g/mol. The molecule has 4 rings (SSSR count). The normalized spacial score (nSPS) is 19.2. The molecule has 0 spiro atoms. The van der Waals surface area contributed by atoms with Crippen LogP contribution in [0, 0.1) is 5.92 Å². The Labute approximate surface area is 172 Å². The van der Waals surface area contributed by atoms with Gasteiger partial charge in [-0.25, -0.2) is 0 Å². The van der Waals surface area contributed by atoms with Gasteiger partial charge >= 0.3 is 6.18 Å². The molecule has 0 bridgehead atoms. The molecule has 8 heteroatoms. The molecule has 5 nitrogen and oxygen atoms in total. The van der Waals surface area contributed by atoms with E-state index in [4.69, 9.17) is 4.74 Å². The summed E-state index contributed by atoms with van der Waals surface area (Å²) in [5, 5.41) is 0. The van der Waals surface area contributed by atoms with E-state index in [1.807, 2.05) is 17.0 Å². The Hall–Kier alpha value is -3.03. The number of anilines is 3. The number of alkyl halides is 3. The summed E-state index contributed by atoms with van der Waals surface area (Å²) in [7, 11) is 0. The third-order valence-electron chi connectivity index (χ3n) is 5.57. The summed E-state index contributed by atoms with van der Waals surface area (Å²) in [6, 6.07) is 10.4. The third-order valence-corrected chi connectivity index (χ3v) is 5.57. The number of halogens is 3. The SMILES string of the molecule is CC[C@@H]1Oc2cc(C(F)(F)F)ccc2N(c2cccc(N3CC(C(C)=O)C3)c2)C1=O. The van der Waals surface area contributed by atoms with Gasteiger partial charge in [0, 0.05) is 18.8 Å². The minimum Gasteiger partial charge on any atom is -0.478 e. The fourth-order valence-electron chi connectivity index (χ4n) is 3.74. The van der Waals surface area contributed by atoms with Gasteiger partial charge in [-0.15, -0.1) is 0 Å². The molecule has 0 aliphatic carbocycles. The second-order valence-corrected chi connectivity index (χ2v) is 7.60. The average molecular weight is 418 g/mol. The molecule has 2 heterocycles. The molecule has 2 aliphatic rings. The van der Waals surface area contributed by atoms with Gasteiger partial charge < -0.3 is 9.64 Å². The van der Waals surface area contributed by atoms with Crippen molar-refractivity contribution in [3.63, 3.8) is 0 Å². The summed E-state index contributed by atoms with van der Waals surface area (Å²) in [6.45, 7) is 4.54. The lowest BCUT2D eigenvalue weighted by Crippen LogP contribution is -2.50. The standard InChI is InChI=1S/C22H21F3N2O3/c1-3-19-21(29)27(18-8-7-15(22(23,24)25)9-20(18)30-19)17-6-4-5-16(10-17)26-11-14(12-26)13(2)28/h4-10,14,19H,3,11-12H2,1-2H3/t19-/m0/s1. The van der Waals surface area contributed by atoms with Gasteiger partial charge in [-0.2, -0.15) is 13.2 Å². The van der Waals surface area contributed by atoms with E-state index < -0.39 is 17.8 Å². The first kappa shape index (κ1) is 20.3. The van der Waals surface area contributed by atoms with E-state index in [1.54, 1.807) is 26.0 Å². The van der Waals surface area contributed by atoms with Crippen molar-refractivity contribution in [2.24, 2.45) is 5.92 Å². The average Bonchev–Trinajstić information content (AvgIpc) is 2.65. The number of Topliss-reactive ketones (excluding diaryl/α,β-unsaturated/α-hetero) is 1. The lowest BCUT2D eigenvalue weighted by atomic mass is 9.95. The van der Waals surface area contributed by atoms with Crippen molar-refractivity contribution in [3.05, 3.63) is 48.0 Å². The van der Waals surface area contributed by atoms with Crippen LogP contribution >= 0.6 is 0 Å². The molecule has 0 unspecified atom stereocenters. The highest BCUT2D eigenvalue weighted by atomic mass is 19.4. The van der Waals surface area contributed by atoms with Crippen LogP contribution in [0.5, 0.6) is 5.75 Å². The van der Waals surface area contributed by atoms with Gasteiger partial charge in [0.1, 0.15) is 11.5 Å². The summed E-state index contributed by atoms with van der Waals surface area (Å²) in [6.07, 6.45) is -5.04. The van der Waals surface area contributed by atoms with Gasteiger partial charge in [-0.3, -0.25) is 14.5 Å². The van der Waals surface area contributed by atoms with E-state index in [9.17, 15) is 22.8 Å². The van der Waals surface area contributed by atoms with E-state index >= 15 is 0 Å². The topological polar surface area (TPSA) is 49.9 Å². The number of hydrogen-bond acceptors (Lipinski definition) is 4. The van der Waals surface area contributed by atoms with Crippen LogP contribution in [-0.2, 0) is 15.8 Å². The number of amides is 1. The van der Waals surface area contributed by atoms with Gasteiger partial charge in [0.05, 0.1) is 22.9 Å². The molecule has 0 aromatic heterocycles. The van der Waals surface area contributed by atoms with Crippen LogP contribution in [0.4, 0.5) is 30.2 Å². The predicted molar refractivity (Wildman–Crippen MR) is 106 cm³/mol. The molecule has 1 atom stereocenters. The lowest BCUT2D eigenvalue weighted by molar-refractivity contribution is -0.137. The number of rotatable bonds is 4. The Morgan fingerprint density at radius 3 is 2.47 bits per heavy atom. The van der Waals surface area contributed by atoms with E-state index in [1.165, 1.54) is 11.0 Å². The molecule has 158 valence electrons. The number of carbonyl (C=O) groups is 2. The number of carbonyl (C=O) groups excluding carboxylic acids is 2. The lowest BCUT2D eigenvalue weighted by Gasteiger charge is -2.40. The maximum absolute atomic E-state index is 13.1. The summed E-state index contributed by atoms with van der Waals surface area (Å²) < 4.78 is 45.0. The zero-order chi connectivity index (χ0) is 21.6. The number of benzene rings is 2. The van der Waals surface area contributed by atoms with E-state index in [2.05, 4.69) is 0 Å². The van der Waals surface area contributed by atoms with Crippen molar-refractivity contribution in [2.75, 3.05) is 22.9 Å². The smallest absolute Gasteiger partial charge is 0.416 e. The highest BCUT2D eigenvalue weighted by molar-refractivity contribution is 6.06. The Morgan fingerprint density at radius 1 is 1.13 bits per heavy atom. The van der Waals surface area contributed by atoms with Crippen LogP contribution in [0.1, 0.15) is 25.8 Å². The number of ketones is 1. The summed E-state index contributed by atoms with van der Waals surface area (Å²) in [5.41, 5.74) is 0.854. The molecular formula is C22H21F3N2O3. The molecule has 0 saturated carbocycles. The molecule has 0 radical (unpaired) electrons. The molecule has 1 saturated heterocycles. The van der Waals surface area contributed by atoms with Crippen LogP contribution < -0.4 is 14.5 Å². The highest BCUT2D eigenvalue weighted by Crippen LogP contribution is 2.43. The Kier molecular flexibility index (Phi) is 4.95.